The highest BCUT2D eigenvalue weighted by atomic mass is 15.3. The third-order valence-corrected chi connectivity index (χ3v) is 3.56. The maximum absolute atomic E-state index is 4.32. The lowest BCUT2D eigenvalue weighted by Gasteiger charge is -2.33. The normalized spacial score (nSPS) is 20.1. The van der Waals surface area contributed by atoms with Gasteiger partial charge >= 0.3 is 0 Å². The smallest absolute Gasteiger partial charge is 0.151 e. The summed E-state index contributed by atoms with van der Waals surface area (Å²) < 4.78 is 0. The lowest BCUT2D eigenvalue weighted by atomic mass is 9.98. The molecule has 0 aromatic carbocycles. The number of nitrogens with zero attached hydrogens (tertiary/aromatic N) is 3. The zero-order valence-electron chi connectivity index (χ0n) is 11.7. The van der Waals surface area contributed by atoms with E-state index in [0.29, 0.717) is 6.04 Å². The maximum atomic E-state index is 4.32. The summed E-state index contributed by atoms with van der Waals surface area (Å²) in [4.78, 5) is 2.37. The van der Waals surface area contributed by atoms with Crippen LogP contribution in [0.4, 0.5) is 5.82 Å². The fraction of sp³-hybridized carbons (Fsp3) is 0.714. The average Bonchev–Trinajstić information content (AvgIpc) is 2.38. The first-order valence-corrected chi connectivity index (χ1v) is 6.94. The monoisotopic (exact) mass is 248 g/mol. The minimum absolute atomic E-state index is 0.462. The SMILES string of the molecule is Cc1ccc(N(CC2CCCNC2)C(C)C)nn1. The second kappa shape index (κ2) is 6.14. The van der Waals surface area contributed by atoms with Crippen molar-refractivity contribution in [1.29, 1.82) is 0 Å². The van der Waals surface area contributed by atoms with E-state index in [0.717, 1.165) is 30.5 Å². The Hall–Kier alpha value is -1.16. The molecule has 2 rings (SSSR count). The molecular weight excluding hydrogens is 224 g/mol. The van der Waals surface area contributed by atoms with Crippen molar-refractivity contribution in [3.05, 3.63) is 17.8 Å². The number of piperidine rings is 1. The van der Waals surface area contributed by atoms with Crippen LogP contribution in [-0.2, 0) is 0 Å². The van der Waals surface area contributed by atoms with Gasteiger partial charge in [-0.2, -0.15) is 5.10 Å². The fourth-order valence-electron chi connectivity index (χ4n) is 2.47. The third-order valence-electron chi connectivity index (χ3n) is 3.56. The molecule has 1 atom stereocenters. The van der Waals surface area contributed by atoms with Gasteiger partial charge in [-0.15, -0.1) is 5.10 Å². The number of hydrogen-bond acceptors (Lipinski definition) is 4. The van der Waals surface area contributed by atoms with Gasteiger partial charge in [-0.1, -0.05) is 0 Å². The molecule has 0 spiro atoms. The summed E-state index contributed by atoms with van der Waals surface area (Å²) >= 11 is 0. The predicted octanol–water partition coefficient (Wildman–Crippen LogP) is 2.00. The second-order valence-corrected chi connectivity index (χ2v) is 5.49. The summed E-state index contributed by atoms with van der Waals surface area (Å²) in [7, 11) is 0. The molecule has 1 aliphatic heterocycles. The molecule has 0 radical (unpaired) electrons. The van der Waals surface area contributed by atoms with Crippen LogP contribution in [0.25, 0.3) is 0 Å². The first kappa shape index (κ1) is 13.3. The maximum Gasteiger partial charge on any atom is 0.151 e. The number of rotatable bonds is 4. The van der Waals surface area contributed by atoms with Crippen LogP contribution in [0.3, 0.4) is 0 Å². The van der Waals surface area contributed by atoms with Gasteiger partial charge in [-0.05, 0) is 64.8 Å². The van der Waals surface area contributed by atoms with E-state index < -0.39 is 0 Å². The molecular formula is C14H24N4. The Morgan fingerprint density at radius 2 is 2.22 bits per heavy atom. The molecule has 1 saturated heterocycles. The van der Waals surface area contributed by atoms with Gasteiger partial charge in [0, 0.05) is 12.6 Å². The summed E-state index contributed by atoms with van der Waals surface area (Å²) in [5.41, 5.74) is 0.974. The molecule has 4 nitrogen and oxygen atoms in total. The summed E-state index contributed by atoms with van der Waals surface area (Å²) in [6.45, 7) is 9.78. The van der Waals surface area contributed by atoms with Crippen molar-refractivity contribution in [2.45, 2.75) is 39.7 Å². The molecule has 0 saturated carbocycles. The fourth-order valence-corrected chi connectivity index (χ4v) is 2.47. The van der Waals surface area contributed by atoms with E-state index in [4.69, 9.17) is 0 Å². The minimum atomic E-state index is 0.462. The van der Waals surface area contributed by atoms with Crippen LogP contribution in [0.2, 0.25) is 0 Å². The van der Waals surface area contributed by atoms with Crippen molar-refractivity contribution in [2.75, 3.05) is 24.5 Å². The van der Waals surface area contributed by atoms with Gasteiger partial charge in [0.15, 0.2) is 5.82 Å². The quantitative estimate of drug-likeness (QED) is 0.885. The highest BCUT2D eigenvalue weighted by Gasteiger charge is 2.20. The molecule has 1 unspecified atom stereocenters. The van der Waals surface area contributed by atoms with Gasteiger partial charge in [-0.3, -0.25) is 0 Å². The molecule has 18 heavy (non-hydrogen) atoms. The van der Waals surface area contributed by atoms with Gasteiger partial charge in [0.2, 0.25) is 0 Å². The molecule has 1 fully saturated rings. The van der Waals surface area contributed by atoms with Crippen LogP contribution >= 0.6 is 0 Å². The molecule has 0 amide bonds. The zero-order valence-corrected chi connectivity index (χ0v) is 11.7. The zero-order chi connectivity index (χ0) is 13.0. The van der Waals surface area contributed by atoms with E-state index in [9.17, 15) is 0 Å². The number of anilines is 1. The third kappa shape index (κ3) is 3.42. The Morgan fingerprint density at radius 3 is 2.78 bits per heavy atom. The van der Waals surface area contributed by atoms with Crippen molar-refractivity contribution in [3.63, 3.8) is 0 Å². The first-order chi connectivity index (χ1) is 8.66. The van der Waals surface area contributed by atoms with E-state index in [1.54, 1.807) is 0 Å². The standard InChI is InChI=1S/C14H24N4/c1-11(2)18(10-13-5-4-8-15-9-13)14-7-6-12(3)16-17-14/h6-7,11,13,15H,4-5,8-10H2,1-3H3. The lowest BCUT2D eigenvalue weighted by Crippen LogP contribution is -2.41. The molecule has 1 aromatic rings. The number of aryl methyl sites for hydroxylation is 1. The topological polar surface area (TPSA) is 41.0 Å². The van der Waals surface area contributed by atoms with Crippen LogP contribution in [0.15, 0.2) is 12.1 Å². The number of hydrogen-bond donors (Lipinski definition) is 1. The highest BCUT2D eigenvalue weighted by Crippen LogP contribution is 2.18. The van der Waals surface area contributed by atoms with Crippen LogP contribution in [0.1, 0.15) is 32.4 Å². The summed E-state index contributed by atoms with van der Waals surface area (Å²) in [5.74, 6) is 1.73. The molecule has 0 aliphatic carbocycles. The van der Waals surface area contributed by atoms with Crippen molar-refractivity contribution >= 4 is 5.82 Å². The van der Waals surface area contributed by atoms with Crippen molar-refractivity contribution in [1.82, 2.24) is 15.5 Å². The van der Waals surface area contributed by atoms with Crippen LogP contribution in [0.5, 0.6) is 0 Å². The Bertz CT molecular complexity index is 355. The Balaban J connectivity index is 2.05. The molecule has 0 bridgehead atoms. The van der Waals surface area contributed by atoms with E-state index in [1.165, 1.54) is 19.4 Å². The van der Waals surface area contributed by atoms with Crippen molar-refractivity contribution in [3.8, 4) is 0 Å². The van der Waals surface area contributed by atoms with Gasteiger partial charge in [0.25, 0.3) is 0 Å². The minimum Gasteiger partial charge on any atom is -0.352 e. The van der Waals surface area contributed by atoms with E-state index in [1.807, 2.05) is 13.0 Å². The summed E-state index contributed by atoms with van der Waals surface area (Å²) in [5, 5.41) is 12.0. The Morgan fingerprint density at radius 1 is 1.39 bits per heavy atom. The summed E-state index contributed by atoms with van der Waals surface area (Å²) in [6.07, 6.45) is 2.60. The Labute approximate surface area is 110 Å². The first-order valence-electron chi connectivity index (χ1n) is 6.94. The predicted molar refractivity (Wildman–Crippen MR) is 74.8 cm³/mol. The number of aromatic nitrogens is 2. The molecule has 100 valence electrons. The molecule has 2 heterocycles. The Kier molecular flexibility index (Phi) is 4.53. The highest BCUT2D eigenvalue weighted by molar-refractivity contribution is 5.38. The van der Waals surface area contributed by atoms with E-state index in [2.05, 4.69) is 40.3 Å². The molecule has 4 heteroatoms. The molecule has 1 N–H and O–H groups in total. The largest absolute Gasteiger partial charge is 0.352 e. The van der Waals surface area contributed by atoms with E-state index >= 15 is 0 Å². The van der Waals surface area contributed by atoms with Gasteiger partial charge in [-0.25, -0.2) is 0 Å². The van der Waals surface area contributed by atoms with E-state index in [-0.39, 0.29) is 0 Å². The van der Waals surface area contributed by atoms with Gasteiger partial charge in [0.05, 0.1) is 5.69 Å². The summed E-state index contributed by atoms with van der Waals surface area (Å²) in [6, 6.07) is 4.58. The van der Waals surface area contributed by atoms with Gasteiger partial charge < -0.3 is 10.2 Å². The average molecular weight is 248 g/mol. The van der Waals surface area contributed by atoms with Crippen LogP contribution < -0.4 is 10.2 Å². The molecule has 1 aliphatic rings. The lowest BCUT2D eigenvalue weighted by molar-refractivity contribution is 0.370. The number of nitrogens with one attached hydrogen (secondary N) is 1. The van der Waals surface area contributed by atoms with Crippen LogP contribution in [-0.4, -0.2) is 35.9 Å². The van der Waals surface area contributed by atoms with Gasteiger partial charge in [0.1, 0.15) is 0 Å². The van der Waals surface area contributed by atoms with Crippen molar-refractivity contribution < 1.29 is 0 Å². The van der Waals surface area contributed by atoms with Crippen LogP contribution in [0, 0.1) is 12.8 Å². The molecule has 1 aromatic heterocycles. The second-order valence-electron chi connectivity index (χ2n) is 5.49. The van der Waals surface area contributed by atoms with Crippen molar-refractivity contribution in [2.24, 2.45) is 5.92 Å².